The summed E-state index contributed by atoms with van der Waals surface area (Å²) in [5, 5.41) is 8.00. The maximum absolute atomic E-state index is 10.2. The number of hydrogen-bond acceptors (Lipinski definition) is 2. The standard InChI is InChI=1S/C5H8O3.CH3.Ag/c1-3(2)4(6)5(7)8;;/h3H,1-2H3,(H,7,8);1H3;/q;+1;. The van der Waals surface area contributed by atoms with Gasteiger partial charge >= 0.3 is 5.97 Å². The van der Waals surface area contributed by atoms with Crippen molar-refractivity contribution >= 4 is 11.8 Å². The van der Waals surface area contributed by atoms with Crippen molar-refractivity contribution in [3.8, 4) is 0 Å². The van der Waals surface area contributed by atoms with Gasteiger partial charge in [-0.1, -0.05) is 13.8 Å². The van der Waals surface area contributed by atoms with E-state index in [1.807, 2.05) is 0 Å². The Kier molecular flexibility index (Phi) is 11.2. The predicted octanol–water partition coefficient (Wildman–Crippen LogP) is 0.744. The summed E-state index contributed by atoms with van der Waals surface area (Å²) in [6.07, 6.45) is 0. The van der Waals surface area contributed by atoms with Crippen LogP contribution < -0.4 is 0 Å². The smallest absolute Gasteiger partial charge is 0.372 e. The number of carbonyl (C=O) groups is 2. The van der Waals surface area contributed by atoms with Crippen LogP contribution in [0.25, 0.3) is 0 Å². The first-order chi connectivity index (χ1) is 3.55. The van der Waals surface area contributed by atoms with Crippen molar-refractivity contribution in [2.75, 3.05) is 0 Å². The van der Waals surface area contributed by atoms with Gasteiger partial charge in [0.2, 0.25) is 5.78 Å². The van der Waals surface area contributed by atoms with Crippen molar-refractivity contribution in [1.29, 1.82) is 0 Å². The molecule has 0 aliphatic heterocycles. The first kappa shape index (κ1) is 16.4. The van der Waals surface area contributed by atoms with E-state index in [1.165, 1.54) is 0 Å². The Bertz CT molecular complexity index is 120. The van der Waals surface area contributed by atoms with Gasteiger partial charge in [-0.05, 0) is 0 Å². The van der Waals surface area contributed by atoms with Gasteiger partial charge < -0.3 is 5.11 Å². The number of carbonyl (C=O) groups excluding carboxylic acids is 1. The monoisotopic (exact) mass is 238 g/mol. The first-order valence-electron chi connectivity index (χ1n) is 2.33. The molecule has 0 saturated heterocycles. The van der Waals surface area contributed by atoms with E-state index in [0.717, 1.165) is 0 Å². The van der Waals surface area contributed by atoms with Gasteiger partial charge in [0, 0.05) is 35.7 Å². The zero-order valence-corrected chi connectivity index (χ0v) is 7.62. The van der Waals surface area contributed by atoms with Crippen LogP contribution in [-0.4, -0.2) is 16.9 Å². The Morgan fingerprint density at radius 1 is 1.30 bits per heavy atom. The molecule has 3 nitrogen and oxygen atoms in total. The van der Waals surface area contributed by atoms with Crippen LogP contribution in [0.3, 0.4) is 0 Å². The summed E-state index contributed by atoms with van der Waals surface area (Å²) in [6.45, 7) is 3.10. The van der Waals surface area contributed by atoms with Crippen LogP contribution >= 0.6 is 0 Å². The molecule has 0 amide bonds. The third-order valence-electron chi connectivity index (χ3n) is 0.735. The molecule has 0 heterocycles. The molecule has 63 valence electrons. The largest absolute Gasteiger partial charge is 0.475 e. The zero-order chi connectivity index (χ0) is 6.73. The van der Waals surface area contributed by atoms with Crippen molar-refractivity contribution < 1.29 is 37.1 Å². The van der Waals surface area contributed by atoms with Gasteiger partial charge in [0.25, 0.3) is 0 Å². The van der Waals surface area contributed by atoms with Gasteiger partial charge in [0.15, 0.2) is 0 Å². The van der Waals surface area contributed by atoms with Crippen molar-refractivity contribution in [2.24, 2.45) is 5.92 Å². The maximum atomic E-state index is 10.2. The minimum atomic E-state index is -1.35. The Morgan fingerprint density at radius 2 is 1.60 bits per heavy atom. The summed E-state index contributed by atoms with van der Waals surface area (Å²) in [4.78, 5) is 20.0. The van der Waals surface area contributed by atoms with E-state index in [2.05, 4.69) is 0 Å². The summed E-state index contributed by atoms with van der Waals surface area (Å²) in [7, 11) is 0. The van der Waals surface area contributed by atoms with Crippen LogP contribution in [0.15, 0.2) is 0 Å². The molecule has 0 spiro atoms. The maximum Gasteiger partial charge on any atom is 0.372 e. The van der Waals surface area contributed by atoms with Crippen LogP contribution in [0.1, 0.15) is 13.8 Å². The summed E-state index contributed by atoms with van der Waals surface area (Å²) < 4.78 is 0. The Balaban J connectivity index is -0.000000245. The van der Waals surface area contributed by atoms with Crippen LogP contribution in [0.4, 0.5) is 0 Å². The molecule has 1 N–H and O–H groups in total. The Labute approximate surface area is 76.3 Å². The SMILES string of the molecule is CC(C)C(=O)C(=O)O.[Ag].[CH3+]. The van der Waals surface area contributed by atoms with E-state index in [1.54, 1.807) is 13.8 Å². The van der Waals surface area contributed by atoms with Crippen molar-refractivity contribution in [3.05, 3.63) is 7.43 Å². The quantitative estimate of drug-likeness (QED) is 0.439. The van der Waals surface area contributed by atoms with Crippen LogP contribution in [0.2, 0.25) is 0 Å². The molecule has 0 rings (SSSR count). The van der Waals surface area contributed by atoms with E-state index in [9.17, 15) is 9.59 Å². The third kappa shape index (κ3) is 5.88. The van der Waals surface area contributed by atoms with Gasteiger partial charge in [0.05, 0.1) is 0 Å². The topological polar surface area (TPSA) is 54.4 Å². The minimum Gasteiger partial charge on any atom is -0.475 e. The molecule has 0 aromatic rings. The fourth-order valence-electron chi connectivity index (χ4n) is 0.247. The summed E-state index contributed by atoms with van der Waals surface area (Å²) in [5.41, 5.74) is 0. The molecule has 0 aromatic carbocycles. The molecule has 0 atom stereocenters. The number of Topliss-reactive ketones (excluding diaryl/α,β-unsaturated/α-hetero) is 1. The number of carboxylic acids is 1. The number of aliphatic carboxylic acids is 1. The van der Waals surface area contributed by atoms with E-state index in [-0.39, 0.29) is 29.8 Å². The second kappa shape index (κ2) is 6.86. The van der Waals surface area contributed by atoms with Gasteiger partial charge in [-0.25, -0.2) is 4.79 Å². The normalized spacial score (nSPS) is 7.50. The molecular formula is C6H11AgO3+. The van der Waals surface area contributed by atoms with Gasteiger partial charge in [0.1, 0.15) is 0 Å². The van der Waals surface area contributed by atoms with E-state index in [4.69, 9.17) is 5.11 Å². The fraction of sp³-hybridized carbons (Fsp3) is 0.500. The summed E-state index contributed by atoms with van der Waals surface area (Å²) in [6, 6.07) is 0. The molecule has 10 heavy (non-hydrogen) atoms. The molecule has 0 saturated carbocycles. The fourth-order valence-corrected chi connectivity index (χ4v) is 0.247. The van der Waals surface area contributed by atoms with Gasteiger partial charge in [-0.3, -0.25) is 4.79 Å². The van der Waals surface area contributed by atoms with Crippen molar-refractivity contribution in [3.63, 3.8) is 0 Å². The second-order valence-corrected chi connectivity index (χ2v) is 1.82. The first-order valence-corrected chi connectivity index (χ1v) is 2.33. The Morgan fingerprint density at radius 3 is 1.60 bits per heavy atom. The van der Waals surface area contributed by atoms with E-state index in [0.29, 0.717) is 0 Å². The predicted molar refractivity (Wildman–Crippen MR) is 33.9 cm³/mol. The van der Waals surface area contributed by atoms with Gasteiger partial charge in [-0.15, -0.1) is 0 Å². The molecular weight excluding hydrogens is 228 g/mol. The van der Waals surface area contributed by atoms with Crippen LogP contribution in [-0.2, 0) is 32.0 Å². The third-order valence-corrected chi connectivity index (χ3v) is 0.735. The average molecular weight is 239 g/mol. The number of carboxylic acid groups (broad SMARTS) is 1. The molecule has 4 heteroatoms. The van der Waals surface area contributed by atoms with Crippen LogP contribution in [0.5, 0.6) is 0 Å². The molecule has 0 aromatic heterocycles. The van der Waals surface area contributed by atoms with E-state index >= 15 is 0 Å². The number of rotatable bonds is 2. The molecule has 0 aliphatic carbocycles. The second-order valence-electron chi connectivity index (χ2n) is 1.82. The van der Waals surface area contributed by atoms with Crippen molar-refractivity contribution in [2.45, 2.75) is 13.8 Å². The number of hydrogen-bond donors (Lipinski definition) is 1. The summed E-state index contributed by atoms with van der Waals surface area (Å²) in [5.74, 6) is -2.47. The zero-order valence-electron chi connectivity index (χ0n) is 6.14. The molecule has 0 unspecified atom stereocenters. The Hall–Kier alpha value is -0.250. The molecule has 0 aliphatic rings. The molecule has 0 bridgehead atoms. The average Bonchev–Trinajstić information content (AvgIpc) is 1.64. The van der Waals surface area contributed by atoms with Crippen LogP contribution in [0, 0.1) is 13.3 Å². The molecule has 1 radical (unpaired) electrons. The summed E-state index contributed by atoms with van der Waals surface area (Å²) >= 11 is 0. The number of ketones is 1. The van der Waals surface area contributed by atoms with Gasteiger partial charge in [-0.2, -0.15) is 0 Å². The van der Waals surface area contributed by atoms with E-state index < -0.39 is 17.7 Å². The minimum absolute atomic E-state index is 0. The molecule has 0 fully saturated rings. The van der Waals surface area contributed by atoms with Crippen molar-refractivity contribution in [1.82, 2.24) is 0 Å².